The number of hydrogen-bond acceptors (Lipinski definition) is 3. The van der Waals surface area contributed by atoms with Crippen LogP contribution in [0.5, 0.6) is 0 Å². The number of carbonyl (C=O) groups excluding carboxylic acids is 1. The van der Waals surface area contributed by atoms with Gasteiger partial charge in [0, 0.05) is 11.3 Å². The second-order valence-corrected chi connectivity index (χ2v) is 6.96. The van der Waals surface area contributed by atoms with E-state index in [1.54, 1.807) is 0 Å². The SMILES string of the molecule is CCS(=O)(=O)Nc1ccc(C(=O)/C=C/c2ccc(F)c(F)c2)cc1. The fourth-order valence-corrected chi connectivity index (χ4v) is 2.48. The van der Waals surface area contributed by atoms with Crippen LogP contribution >= 0.6 is 0 Å². The predicted molar refractivity (Wildman–Crippen MR) is 89.2 cm³/mol. The van der Waals surface area contributed by atoms with Gasteiger partial charge in [-0.3, -0.25) is 9.52 Å². The van der Waals surface area contributed by atoms with E-state index in [4.69, 9.17) is 0 Å². The van der Waals surface area contributed by atoms with E-state index >= 15 is 0 Å². The average molecular weight is 351 g/mol. The van der Waals surface area contributed by atoms with Gasteiger partial charge in [0.05, 0.1) is 5.75 Å². The van der Waals surface area contributed by atoms with Gasteiger partial charge in [0.15, 0.2) is 17.4 Å². The molecule has 0 aliphatic rings. The van der Waals surface area contributed by atoms with E-state index < -0.39 is 21.7 Å². The number of ketones is 1. The number of rotatable bonds is 6. The molecule has 0 atom stereocenters. The topological polar surface area (TPSA) is 63.2 Å². The number of halogens is 2. The molecule has 0 aliphatic carbocycles. The molecular formula is C17H15F2NO3S. The van der Waals surface area contributed by atoms with Crippen molar-refractivity contribution in [1.82, 2.24) is 0 Å². The highest BCUT2D eigenvalue weighted by molar-refractivity contribution is 7.92. The summed E-state index contributed by atoms with van der Waals surface area (Å²) in [6.07, 6.45) is 2.61. The quantitative estimate of drug-likeness (QED) is 0.639. The highest BCUT2D eigenvalue weighted by Crippen LogP contribution is 2.14. The second-order valence-electron chi connectivity index (χ2n) is 4.95. The van der Waals surface area contributed by atoms with Crippen molar-refractivity contribution >= 4 is 27.6 Å². The van der Waals surface area contributed by atoms with Gasteiger partial charge in [0.2, 0.25) is 10.0 Å². The molecule has 0 heterocycles. The Labute approximate surface area is 138 Å². The summed E-state index contributed by atoms with van der Waals surface area (Å²) in [5.41, 5.74) is 1.06. The minimum Gasteiger partial charge on any atom is -0.289 e. The summed E-state index contributed by atoms with van der Waals surface area (Å²) < 4.78 is 51.2. The third-order valence-electron chi connectivity index (χ3n) is 3.19. The van der Waals surface area contributed by atoms with Crippen LogP contribution in [0.15, 0.2) is 48.5 Å². The van der Waals surface area contributed by atoms with Gasteiger partial charge in [-0.25, -0.2) is 17.2 Å². The smallest absolute Gasteiger partial charge is 0.232 e. The summed E-state index contributed by atoms with van der Waals surface area (Å²) in [6, 6.07) is 9.23. The molecule has 24 heavy (non-hydrogen) atoms. The highest BCUT2D eigenvalue weighted by Gasteiger charge is 2.08. The zero-order chi connectivity index (χ0) is 17.7. The first-order valence-corrected chi connectivity index (χ1v) is 8.74. The van der Waals surface area contributed by atoms with Crippen molar-refractivity contribution in [3.05, 3.63) is 71.3 Å². The van der Waals surface area contributed by atoms with Gasteiger partial charge in [-0.15, -0.1) is 0 Å². The van der Waals surface area contributed by atoms with Crippen molar-refractivity contribution in [3.8, 4) is 0 Å². The fraction of sp³-hybridized carbons (Fsp3) is 0.118. The van der Waals surface area contributed by atoms with Gasteiger partial charge in [0.1, 0.15) is 0 Å². The molecule has 0 bridgehead atoms. The minimum absolute atomic E-state index is 0.0509. The summed E-state index contributed by atoms with van der Waals surface area (Å²) in [7, 11) is -3.37. The number of benzene rings is 2. The van der Waals surface area contributed by atoms with Crippen LogP contribution in [0.3, 0.4) is 0 Å². The van der Waals surface area contributed by atoms with Gasteiger partial charge < -0.3 is 0 Å². The lowest BCUT2D eigenvalue weighted by molar-refractivity contribution is 0.104. The van der Waals surface area contributed by atoms with E-state index in [1.807, 2.05) is 0 Å². The van der Waals surface area contributed by atoms with Crippen LogP contribution in [0.4, 0.5) is 14.5 Å². The summed E-state index contributed by atoms with van der Waals surface area (Å²) in [5, 5.41) is 0. The van der Waals surface area contributed by atoms with Crippen LogP contribution in [-0.2, 0) is 10.0 Å². The Balaban J connectivity index is 2.09. The molecule has 2 aromatic rings. The Morgan fingerprint density at radius 3 is 2.33 bits per heavy atom. The number of anilines is 1. The first-order chi connectivity index (χ1) is 11.3. The molecule has 2 aromatic carbocycles. The molecule has 2 rings (SSSR count). The molecule has 0 radical (unpaired) electrons. The Morgan fingerprint density at radius 2 is 1.75 bits per heavy atom. The Hall–Kier alpha value is -2.54. The molecule has 0 saturated carbocycles. The van der Waals surface area contributed by atoms with E-state index in [0.29, 0.717) is 16.8 Å². The molecular weight excluding hydrogens is 336 g/mol. The lowest BCUT2D eigenvalue weighted by Gasteiger charge is -2.06. The average Bonchev–Trinajstić information content (AvgIpc) is 2.56. The van der Waals surface area contributed by atoms with Crippen LogP contribution in [0, 0.1) is 11.6 Å². The molecule has 0 unspecified atom stereocenters. The van der Waals surface area contributed by atoms with E-state index in [2.05, 4.69) is 4.72 Å². The van der Waals surface area contributed by atoms with Gasteiger partial charge in [-0.1, -0.05) is 12.1 Å². The minimum atomic E-state index is -3.37. The van der Waals surface area contributed by atoms with Crippen molar-refractivity contribution < 1.29 is 22.0 Å². The third kappa shape index (κ3) is 4.73. The van der Waals surface area contributed by atoms with E-state index in [0.717, 1.165) is 12.1 Å². The summed E-state index contributed by atoms with van der Waals surface area (Å²) in [5.74, 6) is -2.34. The van der Waals surface area contributed by atoms with Crippen molar-refractivity contribution in [2.24, 2.45) is 0 Å². The Bertz CT molecular complexity index is 875. The van der Waals surface area contributed by atoms with E-state index in [-0.39, 0.29) is 11.5 Å². The molecule has 0 fully saturated rings. The zero-order valence-corrected chi connectivity index (χ0v) is 13.6. The van der Waals surface area contributed by atoms with Crippen LogP contribution in [0.25, 0.3) is 6.08 Å². The molecule has 126 valence electrons. The molecule has 7 heteroatoms. The maximum Gasteiger partial charge on any atom is 0.232 e. The van der Waals surface area contributed by atoms with Gasteiger partial charge in [-0.05, 0) is 55.0 Å². The second kappa shape index (κ2) is 7.35. The lowest BCUT2D eigenvalue weighted by Crippen LogP contribution is -2.14. The van der Waals surface area contributed by atoms with Crippen LogP contribution < -0.4 is 4.72 Å². The van der Waals surface area contributed by atoms with Crippen molar-refractivity contribution in [1.29, 1.82) is 0 Å². The monoisotopic (exact) mass is 351 g/mol. The van der Waals surface area contributed by atoms with Crippen molar-refractivity contribution in [2.45, 2.75) is 6.92 Å². The Morgan fingerprint density at radius 1 is 1.08 bits per heavy atom. The highest BCUT2D eigenvalue weighted by atomic mass is 32.2. The van der Waals surface area contributed by atoms with E-state index in [1.165, 1.54) is 49.4 Å². The number of hydrogen-bond donors (Lipinski definition) is 1. The van der Waals surface area contributed by atoms with Gasteiger partial charge in [-0.2, -0.15) is 0 Å². The molecule has 0 spiro atoms. The molecule has 0 aliphatic heterocycles. The largest absolute Gasteiger partial charge is 0.289 e. The molecule has 4 nitrogen and oxygen atoms in total. The van der Waals surface area contributed by atoms with Crippen molar-refractivity contribution in [3.63, 3.8) is 0 Å². The summed E-state index contributed by atoms with van der Waals surface area (Å²) in [4.78, 5) is 12.0. The summed E-state index contributed by atoms with van der Waals surface area (Å²) >= 11 is 0. The van der Waals surface area contributed by atoms with Crippen LogP contribution in [-0.4, -0.2) is 20.0 Å². The maximum atomic E-state index is 13.1. The number of nitrogens with one attached hydrogen (secondary N) is 1. The fourth-order valence-electron chi connectivity index (χ4n) is 1.84. The first-order valence-electron chi connectivity index (χ1n) is 7.09. The molecule has 0 aromatic heterocycles. The zero-order valence-electron chi connectivity index (χ0n) is 12.8. The van der Waals surface area contributed by atoms with E-state index in [9.17, 15) is 22.0 Å². The maximum absolute atomic E-state index is 13.1. The molecule has 1 N–H and O–H groups in total. The van der Waals surface area contributed by atoms with Gasteiger partial charge in [0.25, 0.3) is 0 Å². The standard InChI is InChI=1S/C17H15F2NO3S/c1-2-24(22,23)20-14-7-5-13(6-8-14)17(21)10-4-12-3-9-15(18)16(19)11-12/h3-11,20H,2H2,1H3/b10-4+. The van der Waals surface area contributed by atoms with Crippen LogP contribution in [0.1, 0.15) is 22.8 Å². The lowest BCUT2D eigenvalue weighted by atomic mass is 10.1. The predicted octanol–water partition coefficient (Wildman–Crippen LogP) is 3.62. The summed E-state index contributed by atoms with van der Waals surface area (Å²) in [6.45, 7) is 1.52. The number of carbonyl (C=O) groups is 1. The molecule has 0 amide bonds. The Kier molecular flexibility index (Phi) is 5.46. The van der Waals surface area contributed by atoms with Gasteiger partial charge >= 0.3 is 0 Å². The number of sulfonamides is 1. The number of allylic oxidation sites excluding steroid dienone is 1. The normalized spacial score (nSPS) is 11.6. The van der Waals surface area contributed by atoms with Crippen molar-refractivity contribution in [2.75, 3.05) is 10.5 Å². The first kappa shape index (κ1) is 17.8. The third-order valence-corrected chi connectivity index (χ3v) is 4.50. The molecule has 0 saturated heterocycles. The van der Waals surface area contributed by atoms with Crippen LogP contribution in [0.2, 0.25) is 0 Å².